The minimum atomic E-state index is -4.79. The molecule has 2 aromatic rings. The van der Waals surface area contributed by atoms with Crippen LogP contribution in [0.4, 0.5) is 13.2 Å². The number of hydrogen-bond acceptors (Lipinski definition) is 2. The van der Waals surface area contributed by atoms with Crippen LogP contribution in [0.1, 0.15) is 30.9 Å². The Bertz CT molecular complexity index is 649. The van der Waals surface area contributed by atoms with E-state index < -0.39 is 13.0 Å². The summed E-state index contributed by atoms with van der Waals surface area (Å²) in [4.78, 5) is 0. The van der Waals surface area contributed by atoms with E-state index in [1.807, 2.05) is 38.1 Å². The lowest BCUT2D eigenvalue weighted by Gasteiger charge is -2.14. The smallest absolute Gasteiger partial charge is 0.405 e. The minimum Gasteiger partial charge on any atom is -0.405 e. The van der Waals surface area contributed by atoms with E-state index in [4.69, 9.17) is 5.11 Å². The first-order chi connectivity index (χ1) is 10.3. The second-order valence-corrected chi connectivity index (χ2v) is 5.31. The van der Waals surface area contributed by atoms with Gasteiger partial charge in [-0.15, -0.1) is 13.2 Å². The number of ether oxygens (including phenoxy) is 1. The number of hydrogen-bond donors (Lipinski definition) is 1. The van der Waals surface area contributed by atoms with E-state index in [0.717, 1.165) is 11.1 Å². The molecule has 2 nitrogen and oxygen atoms in total. The molecule has 2 rings (SSSR count). The van der Waals surface area contributed by atoms with Crippen molar-refractivity contribution in [3.8, 4) is 16.9 Å². The van der Waals surface area contributed by atoms with Gasteiger partial charge in [-0.25, -0.2) is 0 Å². The van der Waals surface area contributed by atoms with Crippen LogP contribution < -0.4 is 4.74 Å². The molecule has 0 radical (unpaired) electrons. The molecular formula is C17H17F3O2. The minimum absolute atomic E-state index is 0.0982. The van der Waals surface area contributed by atoms with Crippen LogP contribution in [0.2, 0.25) is 0 Å². The molecule has 0 atom stereocenters. The number of rotatable bonds is 4. The van der Waals surface area contributed by atoms with E-state index >= 15 is 0 Å². The molecule has 5 heteroatoms. The number of aliphatic hydroxyl groups is 1. The molecule has 0 saturated heterocycles. The highest BCUT2D eigenvalue weighted by molar-refractivity contribution is 5.67. The zero-order chi connectivity index (χ0) is 16.3. The van der Waals surface area contributed by atoms with Crippen LogP contribution in [0.3, 0.4) is 0 Å². The molecule has 0 heterocycles. The first-order valence-corrected chi connectivity index (χ1v) is 6.90. The number of aliphatic hydroxyl groups excluding tert-OH is 1. The second-order valence-electron chi connectivity index (χ2n) is 5.31. The third-order valence-electron chi connectivity index (χ3n) is 3.35. The molecule has 0 unspecified atom stereocenters. The van der Waals surface area contributed by atoms with E-state index in [1.165, 1.54) is 12.1 Å². The van der Waals surface area contributed by atoms with Crippen molar-refractivity contribution in [2.75, 3.05) is 0 Å². The van der Waals surface area contributed by atoms with Crippen LogP contribution >= 0.6 is 0 Å². The summed E-state index contributed by atoms with van der Waals surface area (Å²) in [6, 6.07) is 12.0. The number of halogens is 3. The SMILES string of the molecule is CC(C)c1cccc(-c2ccc(CO)c(OC(F)(F)F)c2)c1. The van der Waals surface area contributed by atoms with Gasteiger partial charge in [0.1, 0.15) is 5.75 Å². The topological polar surface area (TPSA) is 29.5 Å². The fourth-order valence-corrected chi connectivity index (χ4v) is 2.16. The predicted molar refractivity (Wildman–Crippen MR) is 78.6 cm³/mol. The average Bonchev–Trinajstić information content (AvgIpc) is 2.45. The summed E-state index contributed by atoms with van der Waals surface area (Å²) in [5.74, 6) is -0.0509. The van der Waals surface area contributed by atoms with Gasteiger partial charge in [-0.05, 0) is 28.7 Å². The van der Waals surface area contributed by atoms with E-state index in [9.17, 15) is 13.2 Å². The van der Waals surface area contributed by atoms with Crippen LogP contribution in [0, 0.1) is 0 Å². The Labute approximate surface area is 127 Å². The van der Waals surface area contributed by atoms with Gasteiger partial charge in [-0.1, -0.05) is 50.2 Å². The third-order valence-corrected chi connectivity index (χ3v) is 3.35. The Hall–Kier alpha value is -2.01. The molecule has 0 amide bonds. The van der Waals surface area contributed by atoms with Gasteiger partial charge >= 0.3 is 6.36 Å². The van der Waals surface area contributed by atoms with Crippen molar-refractivity contribution in [2.24, 2.45) is 0 Å². The van der Waals surface area contributed by atoms with Crippen molar-refractivity contribution in [3.05, 3.63) is 53.6 Å². The van der Waals surface area contributed by atoms with Crippen LogP contribution in [0.15, 0.2) is 42.5 Å². The summed E-state index contributed by atoms with van der Waals surface area (Å²) in [6.07, 6.45) is -4.79. The van der Waals surface area contributed by atoms with Gasteiger partial charge in [0.2, 0.25) is 0 Å². The highest BCUT2D eigenvalue weighted by Gasteiger charge is 2.32. The monoisotopic (exact) mass is 310 g/mol. The molecule has 0 bridgehead atoms. The molecule has 0 fully saturated rings. The highest BCUT2D eigenvalue weighted by atomic mass is 19.4. The average molecular weight is 310 g/mol. The first-order valence-electron chi connectivity index (χ1n) is 6.90. The van der Waals surface area contributed by atoms with Gasteiger partial charge in [0, 0.05) is 5.56 Å². The van der Waals surface area contributed by atoms with Gasteiger partial charge in [0.15, 0.2) is 0 Å². The molecule has 0 aliphatic carbocycles. The standard InChI is InChI=1S/C17H17F3O2/c1-11(2)12-4-3-5-13(8-12)14-6-7-15(10-21)16(9-14)22-17(18,19)20/h3-9,11,21H,10H2,1-2H3. The lowest BCUT2D eigenvalue weighted by molar-refractivity contribution is -0.275. The maximum Gasteiger partial charge on any atom is 0.573 e. The van der Waals surface area contributed by atoms with Crippen LogP contribution in [-0.4, -0.2) is 11.5 Å². The van der Waals surface area contributed by atoms with Crippen LogP contribution in [-0.2, 0) is 6.61 Å². The summed E-state index contributed by atoms with van der Waals surface area (Å²) < 4.78 is 41.4. The van der Waals surface area contributed by atoms with E-state index in [1.54, 1.807) is 6.07 Å². The van der Waals surface area contributed by atoms with Crippen molar-refractivity contribution in [1.82, 2.24) is 0 Å². The van der Waals surface area contributed by atoms with E-state index in [-0.39, 0.29) is 11.3 Å². The normalized spacial score (nSPS) is 11.8. The molecule has 0 aliphatic rings. The van der Waals surface area contributed by atoms with Gasteiger partial charge in [-0.3, -0.25) is 0 Å². The van der Waals surface area contributed by atoms with Crippen LogP contribution in [0.5, 0.6) is 5.75 Å². The Morgan fingerprint density at radius 2 is 1.73 bits per heavy atom. The third kappa shape index (κ3) is 4.01. The summed E-state index contributed by atoms with van der Waals surface area (Å²) in [5.41, 5.74) is 2.62. The zero-order valence-corrected chi connectivity index (χ0v) is 12.3. The van der Waals surface area contributed by atoms with Gasteiger partial charge in [0.25, 0.3) is 0 Å². The molecule has 0 aromatic heterocycles. The Kier molecular flexibility index (Phi) is 4.76. The predicted octanol–water partition coefficient (Wildman–Crippen LogP) is 4.87. The lowest BCUT2D eigenvalue weighted by atomic mass is 9.97. The van der Waals surface area contributed by atoms with Crippen molar-refractivity contribution >= 4 is 0 Å². The molecular weight excluding hydrogens is 293 g/mol. The molecule has 118 valence electrons. The fourth-order valence-electron chi connectivity index (χ4n) is 2.16. The summed E-state index contributed by atoms with van der Waals surface area (Å²) in [5, 5.41) is 9.15. The van der Waals surface area contributed by atoms with E-state index in [0.29, 0.717) is 11.5 Å². The number of alkyl halides is 3. The van der Waals surface area contributed by atoms with Crippen molar-refractivity contribution in [2.45, 2.75) is 32.7 Å². The lowest BCUT2D eigenvalue weighted by Crippen LogP contribution is -2.18. The molecule has 22 heavy (non-hydrogen) atoms. The molecule has 0 aliphatic heterocycles. The highest BCUT2D eigenvalue weighted by Crippen LogP contribution is 2.32. The Morgan fingerprint density at radius 3 is 2.32 bits per heavy atom. The fraction of sp³-hybridized carbons (Fsp3) is 0.294. The Morgan fingerprint density at radius 1 is 1.05 bits per heavy atom. The molecule has 2 aromatic carbocycles. The van der Waals surface area contributed by atoms with Crippen molar-refractivity contribution in [3.63, 3.8) is 0 Å². The quantitative estimate of drug-likeness (QED) is 0.873. The van der Waals surface area contributed by atoms with Gasteiger partial charge in [0.05, 0.1) is 6.61 Å². The summed E-state index contributed by atoms with van der Waals surface area (Å²) >= 11 is 0. The first kappa shape index (κ1) is 16.4. The van der Waals surface area contributed by atoms with Gasteiger partial charge in [-0.2, -0.15) is 0 Å². The van der Waals surface area contributed by atoms with Crippen molar-refractivity contribution in [1.29, 1.82) is 0 Å². The molecule has 0 spiro atoms. The van der Waals surface area contributed by atoms with E-state index in [2.05, 4.69) is 4.74 Å². The van der Waals surface area contributed by atoms with Gasteiger partial charge < -0.3 is 9.84 Å². The van der Waals surface area contributed by atoms with Crippen molar-refractivity contribution < 1.29 is 23.0 Å². The molecule has 1 N–H and O–H groups in total. The maximum atomic E-state index is 12.5. The van der Waals surface area contributed by atoms with Crippen LogP contribution in [0.25, 0.3) is 11.1 Å². The molecule has 0 saturated carbocycles. The maximum absolute atomic E-state index is 12.5. The largest absolute Gasteiger partial charge is 0.573 e. The zero-order valence-electron chi connectivity index (χ0n) is 12.3. The summed E-state index contributed by atoms with van der Waals surface area (Å²) in [6.45, 7) is 3.58. The summed E-state index contributed by atoms with van der Waals surface area (Å²) in [7, 11) is 0. The number of benzene rings is 2. The second kappa shape index (κ2) is 6.40. The Balaban J connectivity index is 2.44.